The number of hydrogen-bond donors (Lipinski definition) is 2. The summed E-state index contributed by atoms with van der Waals surface area (Å²) in [6.45, 7) is 1.67. The van der Waals surface area contributed by atoms with E-state index in [0.29, 0.717) is 32.7 Å². The Morgan fingerprint density at radius 3 is 2.28 bits per heavy atom. The van der Waals surface area contributed by atoms with Crippen molar-refractivity contribution >= 4 is 40.3 Å². The van der Waals surface area contributed by atoms with Crippen LogP contribution in [0.2, 0.25) is 10.0 Å². The molecule has 0 aliphatic rings. The van der Waals surface area contributed by atoms with Gasteiger partial charge in [0.05, 0.1) is 11.4 Å². The van der Waals surface area contributed by atoms with Crippen LogP contribution in [-0.2, 0) is 0 Å². The van der Waals surface area contributed by atoms with Gasteiger partial charge in [-0.25, -0.2) is 4.39 Å². The van der Waals surface area contributed by atoms with Crippen LogP contribution in [0.5, 0.6) is 0 Å². The highest BCUT2D eigenvalue weighted by atomic mass is 35.5. The minimum absolute atomic E-state index is 0.328. The molecule has 0 amide bonds. The van der Waals surface area contributed by atoms with Crippen LogP contribution < -0.4 is 11.1 Å². The van der Waals surface area contributed by atoms with Crippen LogP contribution in [0, 0.1) is 12.7 Å². The molecule has 18 heavy (non-hydrogen) atoms. The summed E-state index contributed by atoms with van der Waals surface area (Å²) in [5.74, 6) is -0.331. The molecule has 0 spiro atoms. The second kappa shape index (κ2) is 5.04. The van der Waals surface area contributed by atoms with E-state index in [1.165, 1.54) is 6.07 Å². The highest BCUT2D eigenvalue weighted by Gasteiger charge is 2.06. The lowest BCUT2D eigenvalue weighted by Gasteiger charge is -2.11. The van der Waals surface area contributed by atoms with Crippen molar-refractivity contribution < 1.29 is 4.39 Å². The number of rotatable bonds is 2. The molecule has 2 rings (SSSR count). The summed E-state index contributed by atoms with van der Waals surface area (Å²) in [4.78, 5) is 0. The number of nitrogens with one attached hydrogen (secondary N) is 1. The van der Waals surface area contributed by atoms with Crippen LogP contribution in [-0.4, -0.2) is 0 Å². The van der Waals surface area contributed by atoms with Crippen molar-refractivity contribution in [2.45, 2.75) is 6.92 Å². The topological polar surface area (TPSA) is 38.0 Å². The number of benzene rings is 2. The van der Waals surface area contributed by atoms with Crippen molar-refractivity contribution in [3.05, 3.63) is 51.8 Å². The monoisotopic (exact) mass is 284 g/mol. The summed E-state index contributed by atoms with van der Waals surface area (Å²) in [7, 11) is 0. The van der Waals surface area contributed by atoms with E-state index in [-0.39, 0.29) is 5.82 Å². The average Bonchev–Trinajstić information content (AvgIpc) is 2.24. The van der Waals surface area contributed by atoms with E-state index in [2.05, 4.69) is 5.32 Å². The van der Waals surface area contributed by atoms with Crippen LogP contribution in [0.1, 0.15) is 5.56 Å². The molecule has 0 heterocycles. The fourth-order valence-electron chi connectivity index (χ4n) is 1.59. The molecule has 0 saturated carbocycles. The Balaban J connectivity index is 2.36. The minimum Gasteiger partial charge on any atom is -0.397 e. The molecule has 0 aliphatic carbocycles. The Hall–Kier alpha value is -1.45. The highest BCUT2D eigenvalue weighted by molar-refractivity contribution is 6.35. The second-order valence-corrected chi connectivity index (χ2v) is 4.84. The summed E-state index contributed by atoms with van der Waals surface area (Å²) in [6, 6.07) is 7.98. The van der Waals surface area contributed by atoms with Gasteiger partial charge in [-0.15, -0.1) is 0 Å². The first kappa shape index (κ1) is 13.0. The van der Waals surface area contributed by atoms with E-state index in [1.807, 2.05) is 0 Å². The van der Waals surface area contributed by atoms with Crippen LogP contribution in [0.3, 0.4) is 0 Å². The number of anilines is 3. The van der Waals surface area contributed by atoms with E-state index in [1.54, 1.807) is 31.2 Å². The third-order valence-corrected chi connectivity index (χ3v) is 2.91. The van der Waals surface area contributed by atoms with E-state index in [4.69, 9.17) is 28.9 Å². The smallest absolute Gasteiger partial charge is 0.128 e. The molecule has 2 aromatic rings. The fraction of sp³-hybridized carbons (Fsp3) is 0.0769. The predicted molar refractivity (Wildman–Crippen MR) is 75.3 cm³/mol. The molecule has 2 nitrogen and oxygen atoms in total. The third kappa shape index (κ3) is 2.86. The van der Waals surface area contributed by atoms with Crippen LogP contribution in [0.4, 0.5) is 21.5 Å². The van der Waals surface area contributed by atoms with Gasteiger partial charge in [0.1, 0.15) is 5.82 Å². The third-order valence-electron chi connectivity index (χ3n) is 2.47. The molecule has 3 N–H and O–H groups in total. The summed E-state index contributed by atoms with van der Waals surface area (Å²) >= 11 is 11.8. The molecule has 0 saturated heterocycles. The van der Waals surface area contributed by atoms with Crippen molar-refractivity contribution in [2.24, 2.45) is 0 Å². The van der Waals surface area contributed by atoms with Crippen LogP contribution in [0.25, 0.3) is 0 Å². The van der Waals surface area contributed by atoms with Gasteiger partial charge >= 0.3 is 0 Å². The van der Waals surface area contributed by atoms with Gasteiger partial charge in [0.25, 0.3) is 0 Å². The molecule has 5 heteroatoms. The van der Waals surface area contributed by atoms with Crippen molar-refractivity contribution in [1.82, 2.24) is 0 Å². The van der Waals surface area contributed by atoms with E-state index < -0.39 is 0 Å². The highest BCUT2D eigenvalue weighted by Crippen LogP contribution is 2.29. The zero-order valence-corrected chi connectivity index (χ0v) is 11.1. The zero-order chi connectivity index (χ0) is 13.3. The summed E-state index contributed by atoms with van der Waals surface area (Å²) < 4.78 is 13.3. The molecule has 0 radical (unpaired) electrons. The Labute approximate surface area is 115 Å². The Morgan fingerprint density at radius 1 is 1.06 bits per heavy atom. The van der Waals surface area contributed by atoms with Gasteiger partial charge < -0.3 is 11.1 Å². The molecule has 0 bridgehead atoms. The van der Waals surface area contributed by atoms with Crippen molar-refractivity contribution in [3.63, 3.8) is 0 Å². The maximum Gasteiger partial charge on any atom is 0.128 e. The summed E-state index contributed by atoms with van der Waals surface area (Å²) in [6.07, 6.45) is 0. The van der Waals surface area contributed by atoms with Crippen molar-refractivity contribution in [3.8, 4) is 0 Å². The molecule has 0 unspecified atom stereocenters. The molecular formula is C13H11Cl2FN2. The number of hydrogen-bond acceptors (Lipinski definition) is 2. The molecule has 0 fully saturated rings. The standard InChI is InChI=1S/C13H11Cl2FN2/c1-7-2-13(12(17)6-11(7)16)18-10-4-8(14)3-9(15)5-10/h2-6,18H,17H2,1H3. The van der Waals surface area contributed by atoms with Crippen LogP contribution in [0.15, 0.2) is 30.3 Å². The van der Waals surface area contributed by atoms with Crippen molar-refractivity contribution in [1.29, 1.82) is 0 Å². The van der Waals surface area contributed by atoms with Gasteiger partial charge in [0.2, 0.25) is 0 Å². The largest absolute Gasteiger partial charge is 0.397 e. The number of aryl methyl sites for hydroxylation is 1. The lowest BCUT2D eigenvalue weighted by molar-refractivity contribution is 0.619. The van der Waals surface area contributed by atoms with Gasteiger partial charge in [0, 0.05) is 15.7 Å². The van der Waals surface area contributed by atoms with Gasteiger partial charge in [-0.2, -0.15) is 0 Å². The number of nitrogen functional groups attached to an aromatic ring is 1. The molecule has 2 aromatic carbocycles. The minimum atomic E-state index is -0.331. The maximum absolute atomic E-state index is 13.3. The Kier molecular flexibility index (Phi) is 3.64. The molecule has 0 atom stereocenters. The normalized spacial score (nSPS) is 10.4. The molecule has 94 valence electrons. The van der Waals surface area contributed by atoms with Crippen LogP contribution >= 0.6 is 23.2 Å². The Bertz CT molecular complexity index is 580. The lowest BCUT2D eigenvalue weighted by Crippen LogP contribution is -1.98. The van der Waals surface area contributed by atoms with Crippen molar-refractivity contribution in [2.75, 3.05) is 11.1 Å². The summed E-state index contributed by atoms with van der Waals surface area (Å²) in [5, 5.41) is 4.09. The predicted octanol–water partition coefficient (Wildman–Crippen LogP) is 4.77. The second-order valence-electron chi connectivity index (χ2n) is 3.97. The molecule has 0 aromatic heterocycles. The van der Waals surface area contributed by atoms with E-state index >= 15 is 0 Å². The first-order valence-corrected chi connectivity index (χ1v) is 6.00. The molecular weight excluding hydrogens is 274 g/mol. The summed E-state index contributed by atoms with van der Waals surface area (Å²) in [5.41, 5.74) is 7.90. The SMILES string of the molecule is Cc1cc(Nc2cc(Cl)cc(Cl)c2)c(N)cc1F. The van der Waals surface area contributed by atoms with E-state index in [0.717, 1.165) is 0 Å². The molecule has 0 aliphatic heterocycles. The van der Waals surface area contributed by atoms with Gasteiger partial charge in [-0.05, 0) is 42.8 Å². The Morgan fingerprint density at radius 2 is 1.67 bits per heavy atom. The maximum atomic E-state index is 13.3. The van der Waals surface area contributed by atoms with Gasteiger partial charge in [0.15, 0.2) is 0 Å². The number of halogens is 3. The number of nitrogens with two attached hydrogens (primary N) is 1. The average molecular weight is 285 g/mol. The zero-order valence-electron chi connectivity index (χ0n) is 9.60. The quantitative estimate of drug-likeness (QED) is 0.780. The van der Waals surface area contributed by atoms with Gasteiger partial charge in [-0.1, -0.05) is 23.2 Å². The first-order valence-electron chi connectivity index (χ1n) is 5.24. The lowest BCUT2D eigenvalue weighted by atomic mass is 10.1. The first-order chi connectivity index (χ1) is 8.45. The van der Waals surface area contributed by atoms with E-state index in [9.17, 15) is 4.39 Å². The van der Waals surface area contributed by atoms with Gasteiger partial charge in [-0.3, -0.25) is 0 Å². The fourth-order valence-corrected chi connectivity index (χ4v) is 2.11.